The van der Waals surface area contributed by atoms with Crippen LogP contribution in [-0.2, 0) is 14.8 Å². The smallest absolute Gasteiger partial charge is 0.271 e. The second-order valence-corrected chi connectivity index (χ2v) is 9.33. The monoisotopic (exact) mass is 446 g/mol. The number of benzene rings is 2. The topological polar surface area (TPSA) is 104 Å². The average molecular weight is 447 g/mol. The first kappa shape index (κ1) is 22.5. The van der Waals surface area contributed by atoms with Crippen LogP contribution in [0.1, 0.15) is 12.8 Å². The molecule has 31 heavy (non-hydrogen) atoms. The Kier molecular flexibility index (Phi) is 7.11. The van der Waals surface area contributed by atoms with Crippen molar-refractivity contribution in [3.05, 3.63) is 64.7 Å². The van der Waals surface area contributed by atoms with E-state index in [1.807, 2.05) is 30.3 Å². The van der Waals surface area contributed by atoms with Crippen LogP contribution in [0.2, 0.25) is 0 Å². The van der Waals surface area contributed by atoms with E-state index in [0.717, 1.165) is 29.3 Å². The van der Waals surface area contributed by atoms with Crippen molar-refractivity contribution < 1.29 is 18.1 Å². The zero-order chi connectivity index (χ0) is 22.4. The molecule has 10 heteroatoms. The summed E-state index contributed by atoms with van der Waals surface area (Å²) >= 11 is 0. The molecule has 1 amide bonds. The SMILES string of the molecule is CS(=O)(=O)N(CCCC(=O)N1CCN(c2ccccc2)CC1)c1cccc([N+](=O)[O-])c1. The van der Waals surface area contributed by atoms with Crippen molar-refractivity contribution in [2.45, 2.75) is 12.8 Å². The highest BCUT2D eigenvalue weighted by atomic mass is 32.2. The van der Waals surface area contributed by atoms with Crippen LogP contribution < -0.4 is 9.21 Å². The molecule has 0 N–H and O–H groups in total. The quantitative estimate of drug-likeness (QED) is 0.456. The Morgan fingerprint density at radius 2 is 1.74 bits per heavy atom. The Labute approximate surface area is 182 Å². The van der Waals surface area contributed by atoms with Crippen molar-refractivity contribution in [2.24, 2.45) is 0 Å². The van der Waals surface area contributed by atoms with E-state index >= 15 is 0 Å². The van der Waals surface area contributed by atoms with Crippen LogP contribution in [0.15, 0.2) is 54.6 Å². The summed E-state index contributed by atoms with van der Waals surface area (Å²) in [6.45, 7) is 2.82. The van der Waals surface area contributed by atoms with Crippen LogP contribution in [0.25, 0.3) is 0 Å². The number of amides is 1. The van der Waals surface area contributed by atoms with Crippen molar-refractivity contribution in [1.82, 2.24) is 4.90 Å². The summed E-state index contributed by atoms with van der Waals surface area (Å²) < 4.78 is 25.5. The predicted molar refractivity (Wildman–Crippen MR) is 120 cm³/mol. The Balaban J connectivity index is 1.54. The van der Waals surface area contributed by atoms with E-state index in [0.29, 0.717) is 19.5 Å². The summed E-state index contributed by atoms with van der Waals surface area (Å²) in [4.78, 5) is 27.1. The molecular weight excluding hydrogens is 420 g/mol. The summed E-state index contributed by atoms with van der Waals surface area (Å²) in [5.74, 6) is -0.0137. The number of carbonyl (C=O) groups excluding carboxylic acids is 1. The second-order valence-electron chi connectivity index (χ2n) is 7.42. The largest absolute Gasteiger partial charge is 0.368 e. The number of sulfonamides is 1. The minimum atomic E-state index is -3.64. The summed E-state index contributed by atoms with van der Waals surface area (Å²) in [6.07, 6.45) is 1.59. The number of piperazine rings is 1. The van der Waals surface area contributed by atoms with Crippen molar-refractivity contribution in [2.75, 3.05) is 48.2 Å². The van der Waals surface area contributed by atoms with E-state index in [1.165, 1.54) is 24.3 Å². The fraction of sp³-hybridized carbons (Fsp3) is 0.381. The lowest BCUT2D eigenvalue weighted by Gasteiger charge is -2.36. The highest BCUT2D eigenvalue weighted by Crippen LogP contribution is 2.24. The van der Waals surface area contributed by atoms with E-state index in [-0.39, 0.29) is 30.2 Å². The van der Waals surface area contributed by atoms with Gasteiger partial charge in [-0.25, -0.2) is 8.42 Å². The molecule has 0 radical (unpaired) electrons. The van der Waals surface area contributed by atoms with Crippen LogP contribution in [0.3, 0.4) is 0 Å². The molecule has 0 bridgehead atoms. The van der Waals surface area contributed by atoms with Gasteiger partial charge in [0.05, 0.1) is 16.9 Å². The molecule has 1 saturated heterocycles. The van der Waals surface area contributed by atoms with Gasteiger partial charge in [-0.2, -0.15) is 0 Å². The maximum atomic E-state index is 12.6. The molecule has 0 spiro atoms. The van der Waals surface area contributed by atoms with Crippen molar-refractivity contribution in [3.63, 3.8) is 0 Å². The number of anilines is 2. The van der Waals surface area contributed by atoms with Crippen molar-refractivity contribution in [3.8, 4) is 0 Å². The van der Waals surface area contributed by atoms with Crippen molar-refractivity contribution >= 4 is 33.0 Å². The third kappa shape index (κ3) is 5.94. The Hall–Kier alpha value is -3.14. The summed E-state index contributed by atoms with van der Waals surface area (Å²) in [7, 11) is -3.64. The van der Waals surface area contributed by atoms with Crippen LogP contribution in [-0.4, -0.2) is 63.1 Å². The molecule has 3 rings (SSSR count). The van der Waals surface area contributed by atoms with Gasteiger partial charge < -0.3 is 9.80 Å². The second kappa shape index (κ2) is 9.78. The van der Waals surface area contributed by atoms with Crippen LogP contribution >= 0.6 is 0 Å². The molecule has 0 aliphatic carbocycles. The zero-order valence-electron chi connectivity index (χ0n) is 17.4. The number of hydrogen-bond donors (Lipinski definition) is 0. The van der Waals surface area contributed by atoms with Crippen LogP contribution in [0, 0.1) is 10.1 Å². The number of carbonyl (C=O) groups is 1. The number of hydrogen-bond acceptors (Lipinski definition) is 6. The number of para-hydroxylation sites is 1. The first-order valence-electron chi connectivity index (χ1n) is 10.1. The molecule has 0 saturated carbocycles. The molecule has 2 aromatic carbocycles. The van der Waals surface area contributed by atoms with E-state index in [4.69, 9.17) is 0 Å². The van der Waals surface area contributed by atoms with Gasteiger partial charge in [0.2, 0.25) is 15.9 Å². The van der Waals surface area contributed by atoms with Crippen molar-refractivity contribution in [1.29, 1.82) is 0 Å². The summed E-state index contributed by atoms with van der Waals surface area (Å²) in [5.41, 5.74) is 1.18. The Morgan fingerprint density at radius 3 is 2.35 bits per heavy atom. The number of nitro benzene ring substituents is 1. The van der Waals surface area contributed by atoms with E-state index in [2.05, 4.69) is 4.90 Å². The number of non-ortho nitro benzene ring substituents is 1. The molecule has 1 fully saturated rings. The van der Waals surface area contributed by atoms with Gasteiger partial charge in [0.25, 0.3) is 5.69 Å². The molecule has 1 aliphatic heterocycles. The number of nitrogens with zero attached hydrogens (tertiary/aromatic N) is 4. The molecule has 1 aliphatic rings. The third-order valence-corrected chi connectivity index (χ3v) is 6.43. The summed E-state index contributed by atoms with van der Waals surface area (Å²) in [5, 5.41) is 11.0. The molecule has 0 aromatic heterocycles. The van der Waals surface area contributed by atoms with Gasteiger partial charge in [0, 0.05) is 57.0 Å². The van der Waals surface area contributed by atoms with Gasteiger partial charge in [-0.15, -0.1) is 0 Å². The molecule has 9 nitrogen and oxygen atoms in total. The third-order valence-electron chi connectivity index (χ3n) is 5.23. The van der Waals surface area contributed by atoms with Crippen LogP contribution in [0.5, 0.6) is 0 Å². The minimum Gasteiger partial charge on any atom is -0.368 e. The van der Waals surface area contributed by atoms with Crippen LogP contribution in [0.4, 0.5) is 17.1 Å². The van der Waals surface area contributed by atoms with Gasteiger partial charge in [-0.3, -0.25) is 19.2 Å². The van der Waals surface area contributed by atoms with Gasteiger partial charge in [0.1, 0.15) is 0 Å². The summed E-state index contributed by atoms with van der Waals surface area (Å²) in [6, 6.07) is 15.5. The number of rotatable bonds is 8. The highest BCUT2D eigenvalue weighted by molar-refractivity contribution is 7.92. The average Bonchev–Trinajstić information content (AvgIpc) is 2.76. The molecular formula is C21H26N4O5S. The molecule has 166 valence electrons. The van der Waals surface area contributed by atoms with E-state index in [9.17, 15) is 23.3 Å². The lowest BCUT2D eigenvalue weighted by Crippen LogP contribution is -2.48. The zero-order valence-corrected chi connectivity index (χ0v) is 18.2. The molecule has 0 atom stereocenters. The van der Waals surface area contributed by atoms with Gasteiger partial charge in [0.15, 0.2) is 0 Å². The maximum absolute atomic E-state index is 12.6. The molecule has 2 aromatic rings. The van der Waals surface area contributed by atoms with E-state index < -0.39 is 14.9 Å². The van der Waals surface area contributed by atoms with Gasteiger partial charge >= 0.3 is 0 Å². The predicted octanol–water partition coefficient (Wildman–Crippen LogP) is 2.49. The lowest BCUT2D eigenvalue weighted by atomic mass is 10.2. The Morgan fingerprint density at radius 1 is 1.06 bits per heavy atom. The maximum Gasteiger partial charge on any atom is 0.271 e. The molecule has 1 heterocycles. The normalized spacial score (nSPS) is 14.4. The standard InChI is InChI=1S/C21H26N4O5S/c1-31(29,30)24(19-9-5-10-20(17-19)25(27)28)12-6-11-21(26)23-15-13-22(14-16-23)18-7-3-2-4-8-18/h2-5,7-10,17H,6,11-16H2,1H3. The first-order chi connectivity index (χ1) is 14.8. The fourth-order valence-electron chi connectivity index (χ4n) is 3.63. The fourth-order valence-corrected chi connectivity index (χ4v) is 4.59. The van der Waals surface area contributed by atoms with E-state index in [1.54, 1.807) is 4.90 Å². The first-order valence-corrected chi connectivity index (χ1v) is 11.9. The van der Waals surface area contributed by atoms with Gasteiger partial charge in [-0.1, -0.05) is 24.3 Å². The molecule has 0 unspecified atom stereocenters. The lowest BCUT2D eigenvalue weighted by molar-refractivity contribution is -0.384. The highest BCUT2D eigenvalue weighted by Gasteiger charge is 2.23. The van der Waals surface area contributed by atoms with Gasteiger partial charge in [-0.05, 0) is 24.6 Å². The minimum absolute atomic E-state index is 0.0137. The Bertz CT molecular complexity index is 1020. The number of nitro groups is 1.